The van der Waals surface area contributed by atoms with Gasteiger partial charge in [-0.1, -0.05) is 11.6 Å². The second-order valence-corrected chi connectivity index (χ2v) is 5.03. The van der Waals surface area contributed by atoms with Gasteiger partial charge in [0.25, 0.3) is 5.91 Å². The average molecular weight is 305 g/mol. The molecule has 0 spiro atoms. The number of nitrogens with zero attached hydrogens (tertiary/aromatic N) is 2. The van der Waals surface area contributed by atoms with Crippen LogP contribution in [0.15, 0.2) is 24.4 Å². The minimum absolute atomic E-state index is 0.282. The fourth-order valence-corrected chi connectivity index (χ4v) is 2.09. The van der Waals surface area contributed by atoms with Crippen LogP contribution in [0.2, 0.25) is 5.02 Å². The zero-order valence-corrected chi connectivity index (χ0v) is 13.0. The van der Waals surface area contributed by atoms with Crippen LogP contribution < -0.4 is 10.6 Å². The molecule has 0 radical (unpaired) electrons. The summed E-state index contributed by atoms with van der Waals surface area (Å²) in [4.78, 5) is 20.8. The lowest BCUT2D eigenvalue weighted by atomic mass is 10.2. The monoisotopic (exact) mass is 304 g/mol. The minimum atomic E-state index is -0.282. The third-order valence-corrected chi connectivity index (χ3v) is 3.23. The molecule has 110 valence electrons. The molecule has 21 heavy (non-hydrogen) atoms. The topological polar surface area (TPSA) is 66.9 Å². The van der Waals surface area contributed by atoms with Crippen molar-refractivity contribution in [1.82, 2.24) is 9.97 Å². The second kappa shape index (κ2) is 6.54. The lowest BCUT2D eigenvalue weighted by molar-refractivity contribution is 0.102. The lowest BCUT2D eigenvalue weighted by Gasteiger charge is -2.10. The van der Waals surface area contributed by atoms with Crippen LogP contribution in [0, 0.1) is 13.8 Å². The number of anilines is 2. The van der Waals surface area contributed by atoms with Gasteiger partial charge in [-0.25, -0.2) is 4.98 Å². The summed E-state index contributed by atoms with van der Waals surface area (Å²) in [6, 6.07) is 5.31. The van der Waals surface area contributed by atoms with Crippen LogP contribution in [-0.4, -0.2) is 22.4 Å². The Morgan fingerprint density at radius 2 is 2.10 bits per heavy atom. The number of carbonyl (C=O) groups excluding carboxylic acids is 1. The maximum atomic E-state index is 12.3. The molecule has 1 amide bonds. The third kappa shape index (κ3) is 3.70. The standard InChI is InChI=1S/C15H17ClN4O/c1-4-17-14-7-11(12(16)8-18-14)15(21)20-13-6-5-9(2)19-10(13)3/h5-8H,4H2,1-3H3,(H,17,18)(H,20,21). The molecule has 2 rings (SSSR count). The first-order valence-electron chi connectivity index (χ1n) is 6.66. The van der Waals surface area contributed by atoms with Crippen molar-refractivity contribution < 1.29 is 4.79 Å². The molecule has 2 aromatic rings. The van der Waals surface area contributed by atoms with E-state index in [4.69, 9.17) is 11.6 Å². The van der Waals surface area contributed by atoms with E-state index in [1.807, 2.05) is 32.9 Å². The number of aryl methyl sites for hydroxylation is 2. The van der Waals surface area contributed by atoms with Crippen molar-refractivity contribution in [3.8, 4) is 0 Å². The number of carbonyl (C=O) groups is 1. The Labute approximate surface area is 128 Å². The highest BCUT2D eigenvalue weighted by Gasteiger charge is 2.13. The van der Waals surface area contributed by atoms with E-state index in [0.29, 0.717) is 22.1 Å². The molecule has 2 N–H and O–H groups in total. The van der Waals surface area contributed by atoms with E-state index in [9.17, 15) is 4.79 Å². The summed E-state index contributed by atoms with van der Waals surface area (Å²) >= 11 is 6.06. The van der Waals surface area contributed by atoms with Gasteiger partial charge in [0.05, 0.1) is 22.0 Å². The zero-order valence-electron chi connectivity index (χ0n) is 12.2. The number of aromatic nitrogens is 2. The molecule has 0 unspecified atom stereocenters. The zero-order chi connectivity index (χ0) is 15.4. The number of rotatable bonds is 4. The predicted octanol–water partition coefficient (Wildman–Crippen LogP) is 3.43. The van der Waals surface area contributed by atoms with Crippen LogP contribution >= 0.6 is 11.6 Å². The van der Waals surface area contributed by atoms with Crippen LogP contribution in [0.1, 0.15) is 28.7 Å². The number of amides is 1. The fraction of sp³-hybridized carbons (Fsp3) is 0.267. The summed E-state index contributed by atoms with van der Waals surface area (Å²) in [5.74, 6) is 0.334. The Kier molecular flexibility index (Phi) is 4.75. The molecule has 0 bridgehead atoms. The third-order valence-electron chi connectivity index (χ3n) is 2.93. The van der Waals surface area contributed by atoms with Crippen molar-refractivity contribution in [3.05, 3.63) is 46.4 Å². The Bertz CT molecular complexity index is 673. The summed E-state index contributed by atoms with van der Waals surface area (Å²) in [6.07, 6.45) is 1.47. The molecule has 0 saturated carbocycles. The average Bonchev–Trinajstić information content (AvgIpc) is 2.44. The molecule has 2 aromatic heterocycles. The van der Waals surface area contributed by atoms with Gasteiger partial charge in [-0.3, -0.25) is 9.78 Å². The van der Waals surface area contributed by atoms with Crippen molar-refractivity contribution in [3.63, 3.8) is 0 Å². The molecule has 0 atom stereocenters. The van der Waals surface area contributed by atoms with E-state index in [1.165, 1.54) is 6.20 Å². The molecule has 6 heteroatoms. The van der Waals surface area contributed by atoms with Crippen LogP contribution in [0.4, 0.5) is 11.5 Å². The number of pyridine rings is 2. The molecular weight excluding hydrogens is 288 g/mol. The molecule has 2 heterocycles. The lowest BCUT2D eigenvalue weighted by Crippen LogP contribution is -2.15. The summed E-state index contributed by atoms with van der Waals surface area (Å²) < 4.78 is 0. The second-order valence-electron chi connectivity index (χ2n) is 4.62. The molecule has 0 aliphatic heterocycles. The van der Waals surface area contributed by atoms with Crippen LogP contribution in [0.3, 0.4) is 0 Å². The maximum absolute atomic E-state index is 12.3. The molecule has 0 aliphatic carbocycles. The van der Waals surface area contributed by atoms with E-state index in [1.54, 1.807) is 6.07 Å². The Hall–Kier alpha value is -2.14. The van der Waals surface area contributed by atoms with Gasteiger partial charge in [0.2, 0.25) is 0 Å². The number of hydrogen-bond donors (Lipinski definition) is 2. The van der Waals surface area contributed by atoms with Crippen LogP contribution in [0.5, 0.6) is 0 Å². The van der Waals surface area contributed by atoms with E-state index >= 15 is 0 Å². The van der Waals surface area contributed by atoms with E-state index in [0.717, 1.165) is 17.9 Å². The van der Waals surface area contributed by atoms with Gasteiger partial charge < -0.3 is 10.6 Å². The summed E-state index contributed by atoms with van der Waals surface area (Å²) in [5.41, 5.74) is 2.72. The van der Waals surface area contributed by atoms with E-state index in [-0.39, 0.29) is 5.91 Å². The Morgan fingerprint density at radius 1 is 1.33 bits per heavy atom. The highest BCUT2D eigenvalue weighted by Crippen LogP contribution is 2.20. The van der Waals surface area contributed by atoms with Gasteiger partial charge in [-0.15, -0.1) is 0 Å². The summed E-state index contributed by atoms with van der Waals surface area (Å²) in [6.45, 7) is 6.43. The van der Waals surface area contributed by atoms with Crippen LogP contribution in [0.25, 0.3) is 0 Å². The molecule has 0 aliphatic rings. The molecular formula is C15H17ClN4O. The van der Waals surface area contributed by atoms with Crippen molar-refractivity contribution in [2.45, 2.75) is 20.8 Å². The quantitative estimate of drug-likeness (QED) is 0.908. The first-order valence-corrected chi connectivity index (χ1v) is 7.04. The van der Waals surface area contributed by atoms with Gasteiger partial charge in [-0.2, -0.15) is 0 Å². The van der Waals surface area contributed by atoms with E-state index in [2.05, 4.69) is 20.6 Å². The maximum Gasteiger partial charge on any atom is 0.257 e. The smallest absolute Gasteiger partial charge is 0.257 e. The van der Waals surface area contributed by atoms with Crippen molar-refractivity contribution in [2.75, 3.05) is 17.2 Å². The normalized spacial score (nSPS) is 10.3. The predicted molar refractivity (Wildman–Crippen MR) is 85.1 cm³/mol. The first kappa shape index (κ1) is 15.3. The summed E-state index contributed by atoms with van der Waals surface area (Å²) in [5, 5.41) is 6.18. The van der Waals surface area contributed by atoms with Gasteiger partial charge in [0, 0.05) is 18.4 Å². The van der Waals surface area contributed by atoms with Crippen molar-refractivity contribution in [1.29, 1.82) is 0 Å². The molecule has 5 nitrogen and oxygen atoms in total. The number of hydrogen-bond acceptors (Lipinski definition) is 4. The van der Waals surface area contributed by atoms with E-state index < -0.39 is 0 Å². The van der Waals surface area contributed by atoms with Crippen LogP contribution in [-0.2, 0) is 0 Å². The molecule has 0 aromatic carbocycles. The minimum Gasteiger partial charge on any atom is -0.370 e. The fourth-order valence-electron chi connectivity index (χ4n) is 1.90. The SMILES string of the molecule is CCNc1cc(C(=O)Nc2ccc(C)nc2C)c(Cl)cn1. The number of nitrogens with one attached hydrogen (secondary N) is 2. The number of halogens is 1. The van der Waals surface area contributed by atoms with Crippen molar-refractivity contribution >= 4 is 29.0 Å². The highest BCUT2D eigenvalue weighted by molar-refractivity contribution is 6.34. The van der Waals surface area contributed by atoms with Gasteiger partial charge >= 0.3 is 0 Å². The first-order chi connectivity index (χ1) is 10.0. The van der Waals surface area contributed by atoms with Gasteiger partial charge in [0.1, 0.15) is 5.82 Å². The Morgan fingerprint density at radius 3 is 2.76 bits per heavy atom. The highest BCUT2D eigenvalue weighted by atomic mass is 35.5. The molecule has 0 saturated heterocycles. The van der Waals surface area contributed by atoms with Gasteiger partial charge in [0.15, 0.2) is 0 Å². The molecule has 0 fully saturated rings. The largest absolute Gasteiger partial charge is 0.370 e. The summed E-state index contributed by atoms with van der Waals surface area (Å²) in [7, 11) is 0. The van der Waals surface area contributed by atoms with Gasteiger partial charge in [-0.05, 0) is 39.0 Å². The Balaban J connectivity index is 2.25. The van der Waals surface area contributed by atoms with Crippen molar-refractivity contribution in [2.24, 2.45) is 0 Å².